The summed E-state index contributed by atoms with van der Waals surface area (Å²) in [7, 11) is 0. The van der Waals surface area contributed by atoms with Crippen molar-refractivity contribution in [2.45, 2.75) is 123 Å². The molecule has 0 amide bonds. The largest absolute Gasteiger partial charge is 0.462 e. The molecule has 1 aromatic rings. The zero-order valence-electron chi connectivity index (χ0n) is 30.6. The van der Waals surface area contributed by atoms with E-state index >= 15 is 0 Å². The lowest BCUT2D eigenvalue weighted by Crippen LogP contribution is -2.84. The maximum absolute atomic E-state index is 13.8. The summed E-state index contributed by atoms with van der Waals surface area (Å²) < 4.78 is 41.7. The summed E-state index contributed by atoms with van der Waals surface area (Å²) in [6, 6.07) is 7.80. The van der Waals surface area contributed by atoms with Gasteiger partial charge in [-0.2, -0.15) is 0 Å². The molecule has 284 valence electrons. The molecule has 2 bridgehead atoms. The molecule has 0 radical (unpaired) electrons. The fraction of sp³-hybridized carbons (Fsp3) is 0.622. The number of carbonyl (C=O) groups is 6. The van der Waals surface area contributed by atoms with Gasteiger partial charge in [0.2, 0.25) is 0 Å². The molecule has 2 saturated carbocycles. The Morgan fingerprint density at radius 1 is 0.750 bits per heavy atom. The summed E-state index contributed by atoms with van der Waals surface area (Å²) in [4.78, 5) is 78.2. The molecule has 0 unspecified atom stereocenters. The van der Waals surface area contributed by atoms with Gasteiger partial charge in [0.1, 0.15) is 17.8 Å². The molecule has 4 aliphatic rings. The third-order valence-electron chi connectivity index (χ3n) is 11.3. The van der Waals surface area contributed by atoms with Crippen molar-refractivity contribution in [3.05, 3.63) is 47.0 Å². The number of carbonyl (C=O) groups excluding carboxylic acids is 6. The van der Waals surface area contributed by atoms with E-state index in [1.54, 1.807) is 18.2 Å². The van der Waals surface area contributed by atoms with Gasteiger partial charge < -0.3 is 43.4 Å². The first-order valence-electron chi connectivity index (χ1n) is 17.0. The van der Waals surface area contributed by atoms with Crippen LogP contribution in [0.25, 0.3) is 0 Å². The van der Waals surface area contributed by atoms with Crippen LogP contribution in [0.2, 0.25) is 0 Å². The average Bonchev–Trinajstić information content (AvgIpc) is 3.03. The average molecular weight is 731 g/mol. The summed E-state index contributed by atoms with van der Waals surface area (Å²) in [5.74, 6) is -6.58. The zero-order chi connectivity index (χ0) is 38.7. The van der Waals surface area contributed by atoms with Crippen molar-refractivity contribution in [2.75, 3.05) is 6.61 Å². The molecule has 15 nitrogen and oxygen atoms in total. The number of hydrogen-bond acceptors (Lipinski definition) is 15. The monoisotopic (exact) mass is 730 g/mol. The number of hydrogen-bond donors (Lipinski definition) is 2. The number of ether oxygens (including phenoxy) is 7. The van der Waals surface area contributed by atoms with Crippen LogP contribution in [0.15, 0.2) is 41.5 Å². The quantitative estimate of drug-likeness (QED) is 0.234. The Kier molecular flexibility index (Phi) is 10.1. The highest BCUT2D eigenvalue weighted by Crippen LogP contribution is 2.66. The molecule has 5 rings (SSSR count). The van der Waals surface area contributed by atoms with Crippen LogP contribution >= 0.6 is 0 Å². The third-order valence-corrected chi connectivity index (χ3v) is 11.3. The molecule has 0 spiro atoms. The molecule has 15 heteroatoms. The van der Waals surface area contributed by atoms with E-state index in [0.29, 0.717) is 0 Å². The summed E-state index contributed by atoms with van der Waals surface area (Å²) in [6.45, 7) is 11.4. The first-order valence-corrected chi connectivity index (χ1v) is 17.0. The minimum absolute atomic E-state index is 0.0727. The predicted octanol–water partition coefficient (Wildman–Crippen LogP) is 2.13. The summed E-state index contributed by atoms with van der Waals surface area (Å²) in [6.07, 6.45) is -11.2. The van der Waals surface area contributed by atoms with Crippen molar-refractivity contribution in [3.63, 3.8) is 0 Å². The SMILES string of the molecule is CC(=O)O[C@@H]1C2=C(C)[C@@H](OC(C)=O)[C@H](OC(=O)c3ccccc3)[C@](O)([C@@H](O)[C@@H]3[C@]4(OC(C)=O)CO[C@@H]4C[C@H](OC(C)=O)[C@@]3(C)[C@H]1OC(C)=O)C2(C)C. The molecule has 0 aromatic heterocycles. The van der Waals surface area contributed by atoms with Gasteiger partial charge in [0.25, 0.3) is 0 Å². The molecule has 11 atom stereocenters. The Morgan fingerprint density at radius 3 is 1.81 bits per heavy atom. The fourth-order valence-corrected chi connectivity index (χ4v) is 9.30. The number of fused-ring (bicyclic) bond motifs is 5. The first-order chi connectivity index (χ1) is 24.1. The van der Waals surface area contributed by atoms with Crippen molar-refractivity contribution >= 4 is 35.8 Å². The van der Waals surface area contributed by atoms with E-state index in [4.69, 9.17) is 33.2 Å². The molecule has 2 N–H and O–H groups in total. The predicted molar refractivity (Wildman–Crippen MR) is 176 cm³/mol. The minimum Gasteiger partial charge on any atom is -0.462 e. The number of aliphatic hydroxyl groups is 2. The van der Waals surface area contributed by atoms with Crippen molar-refractivity contribution in [1.29, 1.82) is 0 Å². The van der Waals surface area contributed by atoms with Gasteiger partial charge in [-0.25, -0.2) is 4.79 Å². The van der Waals surface area contributed by atoms with Crippen LogP contribution in [-0.2, 0) is 57.1 Å². The maximum Gasteiger partial charge on any atom is 0.338 e. The second kappa shape index (κ2) is 13.6. The topological polar surface area (TPSA) is 207 Å². The Morgan fingerprint density at radius 2 is 1.31 bits per heavy atom. The molecule has 1 aliphatic heterocycles. The van der Waals surface area contributed by atoms with Gasteiger partial charge in [-0.1, -0.05) is 39.0 Å². The molecule has 3 fully saturated rings. The van der Waals surface area contributed by atoms with Gasteiger partial charge in [-0.3, -0.25) is 24.0 Å². The van der Waals surface area contributed by atoms with Crippen LogP contribution in [0.3, 0.4) is 0 Å². The van der Waals surface area contributed by atoms with Crippen LogP contribution < -0.4 is 0 Å². The van der Waals surface area contributed by atoms with Gasteiger partial charge in [-0.05, 0) is 30.2 Å². The van der Waals surface area contributed by atoms with Crippen molar-refractivity contribution in [3.8, 4) is 0 Å². The first kappa shape index (κ1) is 38.9. The lowest BCUT2D eigenvalue weighted by Gasteiger charge is -2.69. The Bertz CT molecular complexity index is 1680. The van der Waals surface area contributed by atoms with E-state index in [9.17, 15) is 39.0 Å². The zero-order valence-corrected chi connectivity index (χ0v) is 30.6. The smallest absolute Gasteiger partial charge is 0.338 e. The van der Waals surface area contributed by atoms with Crippen LogP contribution in [0.5, 0.6) is 0 Å². The van der Waals surface area contributed by atoms with Crippen LogP contribution in [0.1, 0.15) is 79.1 Å². The van der Waals surface area contributed by atoms with Crippen molar-refractivity contribution in [2.24, 2.45) is 16.7 Å². The van der Waals surface area contributed by atoms with Gasteiger partial charge in [0, 0.05) is 52.4 Å². The molecule has 1 saturated heterocycles. The molecular formula is C37H46O15. The van der Waals surface area contributed by atoms with Gasteiger partial charge in [0.15, 0.2) is 30.0 Å². The molecule has 3 aliphatic carbocycles. The summed E-state index contributed by atoms with van der Waals surface area (Å²) >= 11 is 0. The van der Waals surface area contributed by atoms with Gasteiger partial charge in [-0.15, -0.1) is 0 Å². The van der Waals surface area contributed by atoms with E-state index in [-0.39, 0.29) is 29.7 Å². The Hall–Kier alpha value is -4.34. The number of esters is 6. The van der Waals surface area contributed by atoms with Gasteiger partial charge >= 0.3 is 35.8 Å². The fourth-order valence-electron chi connectivity index (χ4n) is 9.30. The molecule has 52 heavy (non-hydrogen) atoms. The molecule has 1 heterocycles. The van der Waals surface area contributed by atoms with E-state index < -0.39 is 106 Å². The lowest BCUT2D eigenvalue weighted by molar-refractivity contribution is -0.371. The highest BCUT2D eigenvalue weighted by molar-refractivity contribution is 5.89. The number of benzene rings is 1. The van der Waals surface area contributed by atoms with Gasteiger partial charge in [0.05, 0.1) is 23.7 Å². The second-order valence-electron chi connectivity index (χ2n) is 14.8. The third kappa shape index (κ3) is 5.96. The maximum atomic E-state index is 13.8. The molecule has 1 aromatic carbocycles. The summed E-state index contributed by atoms with van der Waals surface area (Å²) in [5.41, 5.74) is -7.75. The van der Waals surface area contributed by atoms with E-state index in [1.807, 2.05) is 0 Å². The van der Waals surface area contributed by atoms with Crippen molar-refractivity contribution in [1.82, 2.24) is 0 Å². The van der Waals surface area contributed by atoms with E-state index in [0.717, 1.165) is 34.6 Å². The lowest BCUT2D eigenvalue weighted by atomic mass is 9.43. The Balaban J connectivity index is 1.93. The summed E-state index contributed by atoms with van der Waals surface area (Å²) in [5, 5.41) is 26.6. The van der Waals surface area contributed by atoms with E-state index in [1.165, 1.54) is 39.8 Å². The number of aliphatic hydroxyl groups excluding tert-OH is 1. The minimum atomic E-state index is -2.68. The molecular weight excluding hydrogens is 684 g/mol. The highest BCUT2D eigenvalue weighted by atomic mass is 16.6. The van der Waals surface area contributed by atoms with Crippen LogP contribution in [-0.4, -0.2) is 107 Å². The highest BCUT2D eigenvalue weighted by Gasteiger charge is 2.80. The standard InChI is InChI=1S/C37H46O15/c1-17-26-28(49-20(4)40)31(50-21(5)41)35(9)24(47-18(2)38)15-25-36(16-46-25,52-22(6)42)29(35)30(43)37(45,34(26,7)8)32(27(17)48-19(3)39)51-33(44)23-13-11-10-12-14-23/h10-14,24-25,27-32,43,45H,15-16H2,1-9H3/t24-,25+,27+,28+,29-,30-,31-,32-,35+,36-,37+/m0/s1. The normalized spacial score (nSPS) is 37.3. The van der Waals surface area contributed by atoms with Crippen LogP contribution in [0, 0.1) is 16.7 Å². The van der Waals surface area contributed by atoms with Crippen LogP contribution in [0.4, 0.5) is 0 Å². The second-order valence-corrected chi connectivity index (χ2v) is 14.8. The van der Waals surface area contributed by atoms with E-state index in [2.05, 4.69) is 0 Å². The number of rotatable bonds is 7. The van der Waals surface area contributed by atoms with Crippen molar-refractivity contribution < 1.29 is 72.1 Å². The Labute approximate surface area is 300 Å².